The summed E-state index contributed by atoms with van der Waals surface area (Å²) >= 11 is 1.79. The number of nitrogens with zero attached hydrogens (tertiary/aromatic N) is 1. The van der Waals surface area contributed by atoms with E-state index in [4.69, 9.17) is 9.47 Å². The van der Waals surface area contributed by atoms with E-state index in [0.717, 1.165) is 34.7 Å². The number of benzene rings is 3. The summed E-state index contributed by atoms with van der Waals surface area (Å²) in [4.78, 5) is 14.6. The molecule has 1 unspecified atom stereocenters. The zero-order valence-electron chi connectivity index (χ0n) is 16.8. The number of thioether (sulfide) groups is 1. The lowest BCUT2D eigenvalue weighted by molar-refractivity contribution is -0.136. The summed E-state index contributed by atoms with van der Waals surface area (Å²) in [6.45, 7) is 1.84. The quantitative estimate of drug-likeness (QED) is 0.512. The van der Waals surface area contributed by atoms with Crippen molar-refractivity contribution in [2.24, 2.45) is 0 Å². The Bertz CT molecular complexity index is 932. The average molecular weight is 420 g/mol. The van der Waals surface area contributed by atoms with Crippen molar-refractivity contribution in [3.63, 3.8) is 0 Å². The number of hydrogen-bond acceptors (Lipinski definition) is 4. The monoisotopic (exact) mass is 419 g/mol. The fraction of sp³-hybridized carbons (Fsp3) is 0.240. The molecule has 0 saturated carbocycles. The van der Waals surface area contributed by atoms with Crippen LogP contribution in [0.4, 0.5) is 0 Å². The highest BCUT2D eigenvalue weighted by Gasteiger charge is 2.30. The van der Waals surface area contributed by atoms with Gasteiger partial charge in [-0.2, -0.15) is 0 Å². The minimum Gasteiger partial charge on any atom is -0.489 e. The van der Waals surface area contributed by atoms with Gasteiger partial charge in [0, 0.05) is 12.3 Å². The van der Waals surface area contributed by atoms with Crippen molar-refractivity contribution in [2.45, 2.75) is 18.6 Å². The SMILES string of the molecule is O=C(COCc1ccccc1)N1CCSC1c1ccc(OCc2ccccc2)cc1. The molecule has 1 aliphatic rings. The summed E-state index contributed by atoms with van der Waals surface area (Å²) in [7, 11) is 0. The second-order valence-corrected chi connectivity index (χ2v) is 8.32. The van der Waals surface area contributed by atoms with Crippen LogP contribution in [0.1, 0.15) is 22.1 Å². The summed E-state index contributed by atoms with van der Waals surface area (Å²) < 4.78 is 11.5. The third kappa shape index (κ3) is 5.43. The zero-order chi connectivity index (χ0) is 20.6. The Labute approximate surface area is 181 Å². The molecule has 5 heteroatoms. The van der Waals surface area contributed by atoms with Crippen LogP contribution in [0, 0.1) is 0 Å². The third-order valence-corrected chi connectivity index (χ3v) is 6.22. The highest BCUT2D eigenvalue weighted by Crippen LogP contribution is 2.38. The van der Waals surface area contributed by atoms with Crippen molar-refractivity contribution >= 4 is 17.7 Å². The van der Waals surface area contributed by atoms with Crippen molar-refractivity contribution in [3.8, 4) is 5.75 Å². The molecule has 1 saturated heterocycles. The second kappa shape index (κ2) is 10.3. The fourth-order valence-corrected chi connectivity index (χ4v) is 4.66. The van der Waals surface area contributed by atoms with Crippen LogP contribution in [-0.2, 0) is 22.7 Å². The van der Waals surface area contributed by atoms with Crippen molar-refractivity contribution in [2.75, 3.05) is 18.9 Å². The molecule has 3 aromatic rings. The summed E-state index contributed by atoms with van der Waals surface area (Å²) in [6.07, 6.45) is 0. The summed E-state index contributed by atoms with van der Waals surface area (Å²) in [5.41, 5.74) is 3.32. The first-order valence-corrected chi connectivity index (χ1v) is 11.1. The Morgan fingerprint density at radius 2 is 1.50 bits per heavy atom. The first-order valence-electron chi connectivity index (χ1n) is 10.1. The average Bonchev–Trinajstić information content (AvgIpc) is 3.29. The van der Waals surface area contributed by atoms with Crippen LogP contribution in [0.15, 0.2) is 84.9 Å². The minimum atomic E-state index is 0.0287. The van der Waals surface area contributed by atoms with Gasteiger partial charge in [0.05, 0.1) is 6.61 Å². The summed E-state index contributed by atoms with van der Waals surface area (Å²) in [6, 6.07) is 28.1. The molecule has 1 heterocycles. The van der Waals surface area contributed by atoms with Crippen LogP contribution in [0.25, 0.3) is 0 Å². The van der Waals surface area contributed by atoms with E-state index in [9.17, 15) is 4.79 Å². The van der Waals surface area contributed by atoms with E-state index in [-0.39, 0.29) is 17.9 Å². The molecule has 0 aliphatic carbocycles. The van der Waals surface area contributed by atoms with Crippen LogP contribution in [0.2, 0.25) is 0 Å². The predicted octanol–water partition coefficient (Wildman–Crippen LogP) is 5.06. The minimum absolute atomic E-state index is 0.0287. The van der Waals surface area contributed by atoms with Crippen LogP contribution in [-0.4, -0.2) is 29.7 Å². The molecule has 1 fully saturated rings. The van der Waals surface area contributed by atoms with Gasteiger partial charge in [-0.05, 0) is 28.8 Å². The molecule has 1 aliphatic heterocycles. The smallest absolute Gasteiger partial charge is 0.249 e. The number of carbonyl (C=O) groups is 1. The normalized spacial score (nSPS) is 15.9. The van der Waals surface area contributed by atoms with Gasteiger partial charge in [-0.1, -0.05) is 72.8 Å². The van der Waals surface area contributed by atoms with Crippen LogP contribution in [0.3, 0.4) is 0 Å². The number of amides is 1. The summed E-state index contributed by atoms with van der Waals surface area (Å²) in [5.74, 6) is 1.79. The lowest BCUT2D eigenvalue weighted by Gasteiger charge is -2.24. The molecule has 1 atom stereocenters. The Morgan fingerprint density at radius 1 is 0.867 bits per heavy atom. The third-order valence-electron chi connectivity index (χ3n) is 4.96. The van der Waals surface area contributed by atoms with Crippen LogP contribution >= 0.6 is 11.8 Å². The molecule has 4 rings (SSSR count). The van der Waals surface area contributed by atoms with Gasteiger partial charge in [0.15, 0.2) is 0 Å². The molecular weight excluding hydrogens is 394 g/mol. The van der Waals surface area contributed by atoms with Gasteiger partial charge in [-0.25, -0.2) is 0 Å². The van der Waals surface area contributed by atoms with E-state index in [1.165, 1.54) is 0 Å². The predicted molar refractivity (Wildman–Crippen MR) is 120 cm³/mol. The first-order chi connectivity index (χ1) is 14.8. The van der Waals surface area contributed by atoms with E-state index >= 15 is 0 Å². The molecule has 0 spiro atoms. The van der Waals surface area contributed by atoms with E-state index < -0.39 is 0 Å². The molecule has 0 N–H and O–H groups in total. The van der Waals surface area contributed by atoms with E-state index in [1.807, 2.05) is 77.7 Å². The number of rotatable bonds is 8. The molecule has 0 aromatic heterocycles. The van der Waals surface area contributed by atoms with Crippen molar-refractivity contribution in [1.29, 1.82) is 0 Å². The highest BCUT2D eigenvalue weighted by atomic mass is 32.2. The lowest BCUT2D eigenvalue weighted by atomic mass is 10.2. The number of carbonyl (C=O) groups excluding carboxylic acids is 1. The Kier molecular flexibility index (Phi) is 7.06. The maximum Gasteiger partial charge on any atom is 0.249 e. The maximum atomic E-state index is 12.7. The molecule has 4 nitrogen and oxygen atoms in total. The summed E-state index contributed by atoms with van der Waals surface area (Å²) in [5, 5.41) is 0.0287. The molecule has 1 amide bonds. The van der Waals surface area contributed by atoms with Gasteiger partial charge < -0.3 is 14.4 Å². The van der Waals surface area contributed by atoms with Gasteiger partial charge >= 0.3 is 0 Å². The Morgan fingerprint density at radius 3 is 2.17 bits per heavy atom. The van der Waals surface area contributed by atoms with E-state index in [1.54, 1.807) is 11.8 Å². The number of hydrogen-bond donors (Lipinski definition) is 0. The molecule has 154 valence electrons. The molecule has 30 heavy (non-hydrogen) atoms. The van der Waals surface area contributed by atoms with Gasteiger partial charge in [0.2, 0.25) is 5.91 Å². The molecule has 0 radical (unpaired) electrons. The Hall–Kier alpha value is -2.76. The van der Waals surface area contributed by atoms with Gasteiger partial charge in [-0.15, -0.1) is 11.8 Å². The Balaban J connectivity index is 1.30. The molecule has 0 bridgehead atoms. The van der Waals surface area contributed by atoms with Crippen molar-refractivity contribution < 1.29 is 14.3 Å². The van der Waals surface area contributed by atoms with E-state index in [0.29, 0.717) is 13.2 Å². The van der Waals surface area contributed by atoms with Gasteiger partial charge in [0.25, 0.3) is 0 Å². The zero-order valence-corrected chi connectivity index (χ0v) is 17.6. The fourth-order valence-electron chi connectivity index (χ4n) is 3.38. The maximum absolute atomic E-state index is 12.7. The highest BCUT2D eigenvalue weighted by molar-refractivity contribution is 7.99. The van der Waals surface area contributed by atoms with Crippen LogP contribution < -0.4 is 4.74 Å². The largest absolute Gasteiger partial charge is 0.489 e. The lowest BCUT2D eigenvalue weighted by Crippen LogP contribution is -2.33. The first kappa shape index (κ1) is 20.5. The second-order valence-electron chi connectivity index (χ2n) is 7.13. The molecule has 3 aromatic carbocycles. The standard InChI is InChI=1S/C25H25NO3S/c27-24(19-28-17-20-7-3-1-4-8-20)26-15-16-30-25(26)22-11-13-23(14-12-22)29-18-21-9-5-2-6-10-21/h1-14,25H,15-19H2. The topological polar surface area (TPSA) is 38.8 Å². The van der Waals surface area contributed by atoms with E-state index in [2.05, 4.69) is 12.1 Å². The van der Waals surface area contributed by atoms with Crippen LogP contribution in [0.5, 0.6) is 5.75 Å². The van der Waals surface area contributed by atoms with Gasteiger partial charge in [0.1, 0.15) is 24.3 Å². The van der Waals surface area contributed by atoms with Crippen molar-refractivity contribution in [3.05, 3.63) is 102 Å². The van der Waals surface area contributed by atoms with Crippen molar-refractivity contribution in [1.82, 2.24) is 4.90 Å². The van der Waals surface area contributed by atoms with Gasteiger partial charge in [-0.3, -0.25) is 4.79 Å². The number of ether oxygens (including phenoxy) is 2. The molecular formula is C25H25NO3S.